The molecule has 47 heavy (non-hydrogen) atoms. The molecule has 0 aliphatic carbocycles. The van der Waals surface area contributed by atoms with Gasteiger partial charge >= 0.3 is 5.97 Å². The van der Waals surface area contributed by atoms with Gasteiger partial charge in [-0.1, -0.05) is 0 Å². The Morgan fingerprint density at radius 2 is 1.81 bits per heavy atom. The highest BCUT2D eigenvalue weighted by Crippen LogP contribution is 2.33. The number of hydrogen-bond donors (Lipinski definition) is 3. The van der Waals surface area contributed by atoms with E-state index < -0.39 is 34.0 Å². The number of aromatic carboxylic acids is 1. The third-order valence-electron chi connectivity index (χ3n) is 8.46. The first-order chi connectivity index (χ1) is 22.5. The second kappa shape index (κ2) is 12.4. The normalized spacial score (nSPS) is 15.4. The smallest absolute Gasteiger partial charge is 0.341 e. The Labute approximate surface area is 266 Å². The number of piperazine rings is 1. The molecule has 3 aromatic carbocycles. The van der Waals surface area contributed by atoms with Crippen molar-refractivity contribution in [3.8, 4) is 28.6 Å². The topological polar surface area (TPSA) is 146 Å². The molecule has 11 nitrogen and oxygen atoms in total. The van der Waals surface area contributed by atoms with Crippen molar-refractivity contribution in [1.82, 2.24) is 9.47 Å². The summed E-state index contributed by atoms with van der Waals surface area (Å²) >= 11 is 0. The average Bonchev–Trinajstić information content (AvgIpc) is 3.02. The third-order valence-corrected chi connectivity index (χ3v) is 8.46. The molecule has 244 valence electrons. The van der Waals surface area contributed by atoms with E-state index in [1.165, 1.54) is 34.9 Å². The molecule has 3 heterocycles. The second-order valence-corrected chi connectivity index (χ2v) is 11.4. The Hall–Kier alpha value is -5.43. The maximum atomic E-state index is 15.9. The molecule has 0 bridgehead atoms. The minimum atomic E-state index is -1.47. The number of fused-ring (bicyclic) bond motifs is 2. The molecule has 1 saturated heterocycles. The Morgan fingerprint density at radius 1 is 1.06 bits per heavy atom. The van der Waals surface area contributed by atoms with Crippen LogP contribution in [0.5, 0.6) is 17.2 Å². The fourth-order valence-corrected chi connectivity index (χ4v) is 6.07. The summed E-state index contributed by atoms with van der Waals surface area (Å²) in [6.07, 6.45) is 1.08. The van der Waals surface area contributed by atoms with Crippen LogP contribution in [0.25, 0.3) is 33.2 Å². The number of benzene rings is 3. The number of phenolic OH excluding ortho intramolecular Hbond substituents is 2. The van der Waals surface area contributed by atoms with Crippen molar-refractivity contribution in [2.24, 2.45) is 0 Å². The van der Waals surface area contributed by atoms with E-state index in [0.717, 1.165) is 12.3 Å². The van der Waals surface area contributed by atoms with E-state index in [4.69, 9.17) is 9.15 Å². The molecule has 2 aromatic heterocycles. The highest BCUT2D eigenvalue weighted by Gasteiger charge is 2.30. The number of rotatable bonds is 8. The minimum Gasteiger partial charge on any atom is -0.508 e. The number of carboxylic acid groups (broad SMARTS) is 1. The number of nitrogens with zero attached hydrogens (tertiary/aromatic N) is 3. The standard InChI is InChI=1S/C34H31F2N3O8/c1-3-37-17-23(34(44)45)33(43)22-14-24(35)32(30(36)31(22)37)39-9-8-38(18(2)16-39)10-11-46-21-12-25(41)29-26(42)15-27(47-28(29)13-21)19-4-6-20(40)7-5-19/h4-7,12-15,17-18,40-41H,3,8-11,16H2,1-2H3,(H,44,45). The summed E-state index contributed by atoms with van der Waals surface area (Å²) in [7, 11) is 0. The van der Waals surface area contributed by atoms with Gasteiger partial charge < -0.3 is 33.9 Å². The van der Waals surface area contributed by atoms with Gasteiger partial charge in [-0.2, -0.15) is 0 Å². The Balaban J connectivity index is 1.16. The fourth-order valence-electron chi connectivity index (χ4n) is 6.07. The molecule has 0 amide bonds. The molecule has 0 saturated carbocycles. The number of aromatic nitrogens is 1. The predicted molar refractivity (Wildman–Crippen MR) is 171 cm³/mol. The van der Waals surface area contributed by atoms with Gasteiger partial charge in [0, 0.05) is 68.7 Å². The lowest BCUT2D eigenvalue weighted by Crippen LogP contribution is -2.53. The lowest BCUT2D eigenvalue weighted by atomic mass is 10.1. The summed E-state index contributed by atoms with van der Waals surface area (Å²) in [6, 6.07) is 11.0. The van der Waals surface area contributed by atoms with Crippen LogP contribution in [0.15, 0.2) is 68.7 Å². The maximum Gasteiger partial charge on any atom is 0.341 e. The number of hydrogen-bond acceptors (Lipinski definition) is 9. The van der Waals surface area contributed by atoms with E-state index in [-0.39, 0.29) is 82.9 Å². The monoisotopic (exact) mass is 647 g/mol. The summed E-state index contributed by atoms with van der Waals surface area (Å²) in [5, 5.41) is 29.2. The molecule has 0 radical (unpaired) electrons. The van der Waals surface area contributed by atoms with Crippen molar-refractivity contribution in [1.29, 1.82) is 0 Å². The van der Waals surface area contributed by atoms with Crippen LogP contribution in [0.3, 0.4) is 0 Å². The lowest BCUT2D eigenvalue weighted by Gasteiger charge is -2.41. The zero-order valence-corrected chi connectivity index (χ0v) is 25.5. The van der Waals surface area contributed by atoms with Crippen LogP contribution in [0.4, 0.5) is 14.5 Å². The van der Waals surface area contributed by atoms with Crippen molar-refractivity contribution in [3.05, 3.63) is 92.4 Å². The van der Waals surface area contributed by atoms with Crippen LogP contribution in [0.1, 0.15) is 24.2 Å². The number of aryl methyl sites for hydroxylation is 1. The number of aromatic hydroxyl groups is 2. The number of carbonyl (C=O) groups is 1. The molecule has 6 rings (SSSR count). The molecule has 1 unspecified atom stereocenters. The van der Waals surface area contributed by atoms with Gasteiger partial charge in [-0.25, -0.2) is 13.6 Å². The lowest BCUT2D eigenvalue weighted by molar-refractivity contribution is 0.0694. The van der Waals surface area contributed by atoms with E-state index in [0.29, 0.717) is 18.7 Å². The van der Waals surface area contributed by atoms with Gasteiger partial charge in [-0.05, 0) is 44.2 Å². The van der Waals surface area contributed by atoms with Crippen LogP contribution in [-0.4, -0.2) is 69.6 Å². The van der Waals surface area contributed by atoms with Crippen LogP contribution in [0.2, 0.25) is 0 Å². The molecule has 0 spiro atoms. The quantitative estimate of drug-likeness (QED) is 0.215. The molecule has 5 aromatic rings. The van der Waals surface area contributed by atoms with E-state index in [9.17, 15) is 29.7 Å². The van der Waals surface area contributed by atoms with Crippen molar-refractivity contribution >= 4 is 33.5 Å². The van der Waals surface area contributed by atoms with E-state index >= 15 is 8.78 Å². The fraction of sp³-hybridized carbons (Fsp3) is 0.265. The van der Waals surface area contributed by atoms with Crippen LogP contribution < -0.4 is 20.5 Å². The number of anilines is 1. The maximum absolute atomic E-state index is 15.9. The molecular weight excluding hydrogens is 616 g/mol. The van der Waals surface area contributed by atoms with Crippen molar-refractivity contribution < 1.29 is 38.0 Å². The minimum absolute atomic E-state index is 0.0102. The zero-order valence-electron chi connectivity index (χ0n) is 25.5. The average molecular weight is 648 g/mol. The molecule has 1 atom stereocenters. The first-order valence-corrected chi connectivity index (χ1v) is 15.0. The molecule has 3 N–H and O–H groups in total. The second-order valence-electron chi connectivity index (χ2n) is 11.4. The van der Waals surface area contributed by atoms with Crippen molar-refractivity contribution in [2.45, 2.75) is 26.4 Å². The van der Waals surface area contributed by atoms with Gasteiger partial charge in [-0.15, -0.1) is 0 Å². The van der Waals surface area contributed by atoms with Crippen molar-refractivity contribution in [2.75, 3.05) is 37.7 Å². The first kappa shape index (κ1) is 31.5. The van der Waals surface area contributed by atoms with E-state index in [1.807, 2.05) is 6.92 Å². The summed E-state index contributed by atoms with van der Waals surface area (Å²) in [5.41, 5.74) is -1.66. The van der Waals surface area contributed by atoms with Crippen LogP contribution >= 0.6 is 0 Å². The Kier molecular flexibility index (Phi) is 8.32. The number of phenols is 2. The summed E-state index contributed by atoms with van der Waals surface area (Å²) < 4.78 is 44.4. The van der Waals surface area contributed by atoms with Gasteiger partial charge in [0.15, 0.2) is 11.2 Å². The van der Waals surface area contributed by atoms with Gasteiger partial charge in [0.05, 0.1) is 10.9 Å². The Bertz CT molecular complexity index is 2150. The van der Waals surface area contributed by atoms with E-state index in [1.54, 1.807) is 24.0 Å². The van der Waals surface area contributed by atoms with Crippen LogP contribution in [-0.2, 0) is 6.54 Å². The number of ether oxygens (including phenoxy) is 1. The van der Waals surface area contributed by atoms with Crippen molar-refractivity contribution in [3.63, 3.8) is 0 Å². The van der Waals surface area contributed by atoms with E-state index in [2.05, 4.69) is 4.90 Å². The predicted octanol–water partition coefficient (Wildman–Crippen LogP) is 4.77. The summed E-state index contributed by atoms with van der Waals surface area (Å²) in [4.78, 5) is 40.7. The van der Waals surface area contributed by atoms with Gasteiger partial charge in [0.25, 0.3) is 0 Å². The molecular formula is C34H31F2N3O8. The number of halogens is 2. The molecule has 1 aliphatic heterocycles. The van der Waals surface area contributed by atoms with Gasteiger partial charge in [-0.3, -0.25) is 14.5 Å². The van der Waals surface area contributed by atoms with Crippen LogP contribution in [0, 0.1) is 11.6 Å². The Morgan fingerprint density at radius 3 is 2.49 bits per heavy atom. The largest absolute Gasteiger partial charge is 0.508 e. The first-order valence-electron chi connectivity index (χ1n) is 15.0. The summed E-state index contributed by atoms with van der Waals surface area (Å²) in [6.45, 7) is 5.38. The SMILES string of the molecule is CCn1cc(C(=O)O)c(=O)c2cc(F)c(N3CCN(CCOc4cc(O)c5c(=O)cc(-c6ccc(O)cc6)oc5c4)C(C)C3)c(F)c21. The zero-order chi connectivity index (χ0) is 33.6. The third kappa shape index (κ3) is 5.85. The van der Waals surface area contributed by atoms with Gasteiger partial charge in [0.1, 0.15) is 57.7 Å². The summed E-state index contributed by atoms with van der Waals surface area (Å²) in [5.74, 6) is -3.03. The highest BCUT2D eigenvalue weighted by atomic mass is 19.1. The number of carboxylic acids is 1. The molecule has 13 heteroatoms. The molecule has 1 aliphatic rings. The number of pyridine rings is 1. The molecule has 1 fully saturated rings. The van der Waals surface area contributed by atoms with Gasteiger partial charge in [0.2, 0.25) is 5.43 Å². The highest BCUT2D eigenvalue weighted by molar-refractivity contribution is 5.94.